The highest BCUT2D eigenvalue weighted by atomic mass is 28.3. The molecule has 6 aromatic rings. The molecule has 0 aliphatic heterocycles. The Balaban J connectivity index is 1.90. The van der Waals surface area contributed by atoms with Gasteiger partial charge in [-0.1, -0.05) is 109 Å². The molecule has 172 valence electrons. The van der Waals surface area contributed by atoms with Crippen molar-refractivity contribution >= 4 is 45.6 Å². The third kappa shape index (κ3) is 3.16. The molecule has 36 heavy (non-hydrogen) atoms. The van der Waals surface area contributed by atoms with E-state index in [0.29, 0.717) is 0 Å². The highest BCUT2D eigenvalue weighted by Crippen LogP contribution is 2.32. The number of hydrogen-bond acceptors (Lipinski definition) is 1. The second kappa shape index (κ2) is 8.68. The Kier molecular flexibility index (Phi) is 5.33. The van der Waals surface area contributed by atoms with E-state index in [1.807, 2.05) is 0 Å². The van der Waals surface area contributed by atoms with Crippen molar-refractivity contribution in [1.82, 2.24) is 4.23 Å². The lowest BCUT2D eigenvalue weighted by Crippen LogP contribution is -2.72. The van der Waals surface area contributed by atoms with Crippen LogP contribution in [0, 0.1) is 25.2 Å². The number of nitrogens with zero attached hydrogens (tertiary/aromatic N) is 2. The lowest BCUT2D eigenvalue weighted by Gasteiger charge is -2.37. The van der Waals surface area contributed by atoms with Gasteiger partial charge < -0.3 is 4.23 Å². The van der Waals surface area contributed by atoms with E-state index in [-0.39, 0.29) is 0 Å². The molecule has 0 fully saturated rings. The predicted octanol–water partition coefficient (Wildman–Crippen LogP) is 5.80. The van der Waals surface area contributed by atoms with Crippen LogP contribution in [-0.4, -0.2) is 12.5 Å². The largest absolute Gasteiger partial charge is 0.355 e. The highest BCUT2D eigenvalue weighted by molar-refractivity contribution is 7.11. The molecule has 1 aromatic heterocycles. The van der Waals surface area contributed by atoms with Crippen molar-refractivity contribution in [3.63, 3.8) is 0 Å². The summed E-state index contributed by atoms with van der Waals surface area (Å²) in [5.41, 5.74) is 5.29. The first kappa shape index (κ1) is 22.1. The maximum atomic E-state index is 9.85. The standard InChI is InChI=1S/C33H26N2Si/c1-24-21-28(22-25(2)31(24)23-34)36(26-13-5-3-6-14-26,27-15-7-4-8-16-27)35-32-19-11-9-17-29(32)30-18-10-12-20-33(30)35/h3-22H,1-2H3. The molecule has 0 bridgehead atoms. The maximum absolute atomic E-state index is 9.85. The molecular weight excluding hydrogens is 452 g/mol. The Labute approximate surface area is 212 Å². The number of benzene rings is 5. The van der Waals surface area contributed by atoms with Crippen molar-refractivity contribution in [2.75, 3.05) is 0 Å². The molecule has 0 spiro atoms. The van der Waals surface area contributed by atoms with E-state index in [9.17, 15) is 5.26 Å². The number of para-hydroxylation sites is 2. The summed E-state index contributed by atoms with van der Waals surface area (Å²) < 4.78 is 2.64. The third-order valence-corrected chi connectivity index (χ3v) is 12.0. The van der Waals surface area contributed by atoms with Crippen LogP contribution in [0.3, 0.4) is 0 Å². The molecular formula is C33H26N2Si. The van der Waals surface area contributed by atoms with Gasteiger partial charge in [0.1, 0.15) is 0 Å². The molecule has 2 nitrogen and oxygen atoms in total. The molecule has 0 saturated heterocycles. The molecule has 0 N–H and O–H groups in total. The monoisotopic (exact) mass is 478 g/mol. The number of rotatable bonds is 4. The van der Waals surface area contributed by atoms with Crippen molar-refractivity contribution in [3.05, 3.63) is 138 Å². The quantitative estimate of drug-likeness (QED) is 0.233. The number of aromatic nitrogens is 1. The van der Waals surface area contributed by atoms with Crippen LogP contribution in [0.5, 0.6) is 0 Å². The third-order valence-electron chi connectivity index (χ3n) is 7.36. The van der Waals surface area contributed by atoms with Gasteiger partial charge >= 0.3 is 0 Å². The first-order valence-corrected chi connectivity index (χ1v) is 14.2. The Morgan fingerprint density at radius 3 is 1.42 bits per heavy atom. The first-order valence-electron chi connectivity index (χ1n) is 12.3. The van der Waals surface area contributed by atoms with Crippen LogP contribution in [-0.2, 0) is 0 Å². The lowest BCUT2D eigenvalue weighted by molar-refractivity contribution is 1.29. The summed E-state index contributed by atoms with van der Waals surface area (Å²) in [5.74, 6) is 0. The van der Waals surface area contributed by atoms with Gasteiger partial charge in [0, 0.05) is 21.8 Å². The fourth-order valence-electron chi connectivity index (χ4n) is 5.88. The topological polar surface area (TPSA) is 28.7 Å². The van der Waals surface area contributed by atoms with Crippen molar-refractivity contribution in [1.29, 1.82) is 5.26 Å². The molecule has 0 amide bonds. The molecule has 3 heteroatoms. The van der Waals surface area contributed by atoms with E-state index in [4.69, 9.17) is 0 Å². The number of hydrogen-bond donors (Lipinski definition) is 0. The molecule has 0 saturated carbocycles. The second-order valence-corrected chi connectivity index (χ2v) is 13.0. The van der Waals surface area contributed by atoms with Gasteiger partial charge in [-0.05, 0) is 52.7 Å². The summed E-state index contributed by atoms with van der Waals surface area (Å²) in [7, 11) is -2.87. The van der Waals surface area contributed by atoms with Crippen LogP contribution in [0.15, 0.2) is 121 Å². The van der Waals surface area contributed by atoms with Crippen LogP contribution in [0.4, 0.5) is 0 Å². The van der Waals surface area contributed by atoms with E-state index >= 15 is 0 Å². The zero-order valence-corrected chi connectivity index (χ0v) is 21.4. The Hall–Kier alpha value is -4.39. The van der Waals surface area contributed by atoms with Gasteiger partial charge in [-0.15, -0.1) is 0 Å². The zero-order chi connectivity index (χ0) is 24.7. The predicted molar refractivity (Wildman–Crippen MR) is 153 cm³/mol. The molecule has 0 aliphatic rings. The fraction of sp³-hybridized carbons (Fsp3) is 0.0606. The van der Waals surface area contributed by atoms with Gasteiger partial charge in [0.15, 0.2) is 0 Å². The number of nitriles is 1. The minimum absolute atomic E-state index is 0.769. The van der Waals surface area contributed by atoms with Gasteiger partial charge in [0.2, 0.25) is 0 Å². The van der Waals surface area contributed by atoms with Crippen molar-refractivity contribution < 1.29 is 0 Å². The van der Waals surface area contributed by atoms with Crippen molar-refractivity contribution in [3.8, 4) is 6.07 Å². The van der Waals surface area contributed by atoms with E-state index < -0.39 is 8.24 Å². The average Bonchev–Trinajstić information content (AvgIpc) is 3.25. The Bertz CT molecular complexity index is 1640. The number of fused-ring (bicyclic) bond motifs is 3. The van der Waals surface area contributed by atoms with Gasteiger partial charge in [-0.3, -0.25) is 0 Å². The summed E-state index contributed by atoms with van der Waals surface area (Å²) in [6.45, 7) is 4.13. The molecule has 5 aromatic carbocycles. The van der Waals surface area contributed by atoms with Crippen molar-refractivity contribution in [2.24, 2.45) is 0 Å². The van der Waals surface area contributed by atoms with Crippen LogP contribution in [0.2, 0.25) is 0 Å². The Morgan fingerprint density at radius 2 is 0.972 bits per heavy atom. The van der Waals surface area contributed by atoms with Crippen LogP contribution in [0.25, 0.3) is 21.8 Å². The average molecular weight is 479 g/mol. The molecule has 0 aliphatic carbocycles. The summed E-state index contributed by atoms with van der Waals surface area (Å²) in [6.07, 6.45) is 0. The summed E-state index contributed by atoms with van der Waals surface area (Å²) in [4.78, 5) is 0. The van der Waals surface area contributed by atoms with E-state index in [2.05, 4.69) is 145 Å². The van der Waals surface area contributed by atoms with E-state index in [0.717, 1.165) is 16.7 Å². The normalized spacial score (nSPS) is 11.6. The van der Waals surface area contributed by atoms with Crippen LogP contribution < -0.4 is 15.6 Å². The molecule has 0 radical (unpaired) electrons. The Morgan fingerprint density at radius 1 is 0.556 bits per heavy atom. The fourth-order valence-corrected chi connectivity index (χ4v) is 11.0. The molecule has 0 unspecified atom stereocenters. The van der Waals surface area contributed by atoms with Gasteiger partial charge in [-0.2, -0.15) is 5.26 Å². The van der Waals surface area contributed by atoms with E-state index in [1.165, 1.54) is 37.4 Å². The minimum atomic E-state index is -2.87. The zero-order valence-electron chi connectivity index (χ0n) is 20.4. The van der Waals surface area contributed by atoms with Crippen LogP contribution >= 0.6 is 0 Å². The van der Waals surface area contributed by atoms with Crippen LogP contribution in [0.1, 0.15) is 16.7 Å². The summed E-state index contributed by atoms with van der Waals surface area (Å²) >= 11 is 0. The SMILES string of the molecule is Cc1cc([Si](c2ccccc2)(c2ccccc2)n2c3ccccc3c3ccccc32)cc(C)c1C#N. The highest BCUT2D eigenvalue weighted by Gasteiger charge is 2.44. The van der Waals surface area contributed by atoms with Gasteiger partial charge in [0.05, 0.1) is 11.6 Å². The minimum Gasteiger partial charge on any atom is -0.355 e. The summed E-state index contributed by atoms with van der Waals surface area (Å²) in [6, 6.07) is 46.4. The number of aryl methyl sites for hydroxylation is 2. The molecule has 0 atom stereocenters. The molecule has 6 rings (SSSR count). The lowest BCUT2D eigenvalue weighted by atomic mass is 10.0. The molecule has 1 heterocycles. The van der Waals surface area contributed by atoms with E-state index in [1.54, 1.807) is 0 Å². The smallest absolute Gasteiger partial charge is 0.257 e. The maximum Gasteiger partial charge on any atom is 0.257 e. The van der Waals surface area contributed by atoms with Crippen molar-refractivity contribution in [2.45, 2.75) is 13.8 Å². The second-order valence-electron chi connectivity index (χ2n) is 9.41. The summed E-state index contributed by atoms with van der Waals surface area (Å²) in [5, 5.41) is 16.3. The van der Waals surface area contributed by atoms with Gasteiger partial charge in [0.25, 0.3) is 8.24 Å². The van der Waals surface area contributed by atoms with Gasteiger partial charge in [-0.25, -0.2) is 0 Å². The first-order chi connectivity index (χ1) is 17.7.